The van der Waals surface area contributed by atoms with Crippen LogP contribution >= 0.6 is 0 Å². The van der Waals surface area contributed by atoms with Crippen LogP contribution in [0, 0.1) is 0 Å². The van der Waals surface area contributed by atoms with Crippen molar-refractivity contribution in [2.75, 3.05) is 13.6 Å². The third-order valence-corrected chi connectivity index (χ3v) is 2.22. The molecule has 0 fully saturated rings. The van der Waals surface area contributed by atoms with Crippen LogP contribution in [0.15, 0.2) is 30.3 Å². The van der Waals surface area contributed by atoms with E-state index < -0.39 is 5.60 Å². The highest BCUT2D eigenvalue weighted by Gasteiger charge is 2.17. The molecule has 2 amide bonds. The van der Waals surface area contributed by atoms with Gasteiger partial charge in [0.05, 0.1) is 5.60 Å². The summed E-state index contributed by atoms with van der Waals surface area (Å²) < 4.78 is 0. The van der Waals surface area contributed by atoms with Crippen molar-refractivity contribution in [3.05, 3.63) is 35.9 Å². The summed E-state index contributed by atoms with van der Waals surface area (Å²) in [5, 5.41) is 0. The molecule has 0 saturated heterocycles. The summed E-state index contributed by atoms with van der Waals surface area (Å²) in [5.74, 6) is -0.562. The number of carbonyl (C=O) groups is 2. The first-order chi connectivity index (χ1) is 8.79. The van der Waals surface area contributed by atoms with Gasteiger partial charge in [-0.1, -0.05) is 18.2 Å². The summed E-state index contributed by atoms with van der Waals surface area (Å²) in [6.07, 6.45) is 0. The average Bonchev–Trinajstić information content (AvgIpc) is 2.35. The van der Waals surface area contributed by atoms with E-state index in [-0.39, 0.29) is 18.4 Å². The Morgan fingerprint density at radius 3 is 2.32 bits per heavy atom. The molecular weight excluding hydrogens is 244 g/mol. The van der Waals surface area contributed by atoms with Gasteiger partial charge in [0.2, 0.25) is 0 Å². The maximum absolute atomic E-state index is 12.0. The monoisotopic (exact) mass is 264 g/mol. The van der Waals surface area contributed by atoms with Gasteiger partial charge in [-0.2, -0.15) is 0 Å². The van der Waals surface area contributed by atoms with Crippen LogP contribution in [-0.2, 0) is 9.63 Å². The molecule has 0 atom stereocenters. The summed E-state index contributed by atoms with van der Waals surface area (Å²) in [6, 6.07) is 8.82. The Kier molecular flexibility index (Phi) is 5.06. The first-order valence-corrected chi connectivity index (χ1v) is 6.07. The molecule has 0 aliphatic rings. The van der Waals surface area contributed by atoms with E-state index in [0.717, 1.165) is 0 Å². The van der Waals surface area contributed by atoms with Crippen LogP contribution in [0.2, 0.25) is 0 Å². The zero-order chi connectivity index (χ0) is 14.5. The van der Waals surface area contributed by atoms with Crippen molar-refractivity contribution in [2.45, 2.75) is 26.4 Å². The van der Waals surface area contributed by atoms with E-state index in [1.54, 1.807) is 31.3 Å². The van der Waals surface area contributed by atoms with E-state index >= 15 is 0 Å². The molecule has 0 aliphatic heterocycles. The van der Waals surface area contributed by atoms with E-state index in [1.807, 2.05) is 26.8 Å². The van der Waals surface area contributed by atoms with Gasteiger partial charge < -0.3 is 4.90 Å². The standard InChI is InChI=1S/C14H20N2O3/c1-14(2,3)19-15-12(17)10-16(4)13(18)11-8-6-5-7-9-11/h5-9H,10H2,1-4H3,(H,15,17). The van der Waals surface area contributed by atoms with Crippen LogP contribution in [0.4, 0.5) is 0 Å². The lowest BCUT2D eigenvalue weighted by molar-refractivity contribution is -0.145. The number of likely N-dealkylation sites (N-methyl/N-ethyl adjacent to an activating group) is 1. The Morgan fingerprint density at radius 1 is 1.21 bits per heavy atom. The average molecular weight is 264 g/mol. The zero-order valence-corrected chi connectivity index (χ0v) is 11.8. The van der Waals surface area contributed by atoms with Gasteiger partial charge in [-0.25, -0.2) is 5.48 Å². The largest absolute Gasteiger partial charge is 0.332 e. The summed E-state index contributed by atoms with van der Waals surface area (Å²) in [7, 11) is 1.58. The molecule has 104 valence electrons. The van der Waals surface area contributed by atoms with Gasteiger partial charge in [-0.15, -0.1) is 0 Å². The van der Waals surface area contributed by atoms with E-state index in [9.17, 15) is 9.59 Å². The predicted octanol–water partition coefficient (Wildman–Crippen LogP) is 1.60. The normalized spacial score (nSPS) is 10.9. The molecule has 0 spiro atoms. The fraction of sp³-hybridized carbons (Fsp3) is 0.429. The number of hydrogen-bond donors (Lipinski definition) is 1. The molecule has 19 heavy (non-hydrogen) atoms. The Bertz CT molecular complexity index is 438. The van der Waals surface area contributed by atoms with E-state index in [0.29, 0.717) is 5.56 Å². The summed E-state index contributed by atoms with van der Waals surface area (Å²) in [5.41, 5.74) is 2.42. The number of nitrogens with one attached hydrogen (secondary N) is 1. The second kappa shape index (κ2) is 6.33. The molecule has 0 unspecified atom stereocenters. The molecule has 0 aliphatic carbocycles. The van der Waals surface area contributed by atoms with Crippen LogP contribution in [0.25, 0.3) is 0 Å². The summed E-state index contributed by atoms with van der Waals surface area (Å²) in [6.45, 7) is 5.42. The first kappa shape index (κ1) is 15.2. The highest BCUT2D eigenvalue weighted by molar-refractivity contribution is 5.96. The molecule has 1 N–H and O–H groups in total. The number of amides is 2. The summed E-state index contributed by atoms with van der Waals surface area (Å²) >= 11 is 0. The highest BCUT2D eigenvalue weighted by Crippen LogP contribution is 2.04. The van der Waals surface area contributed by atoms with Crippen LogP contribution in [0.1, 0.15) is 31.1 Å². The van der Waals surface area contributed by atoms with Crippen molar-refractivity contribution in [2.24, 2.45) is 0 Å². The number of hydrogen-bond acceptors (Lipinski definition) is 3. The lowest BCUT2D eigenvalue weighted by atomic mass is 10.2. The number of nitrogens with zero attached hydrogens (tertiary/aromatic N) is 1. The van der Waals surface area contributed by atoms with Crippen molar-refractivity contribution >= 4 is 11.8 Å². The fourth-order valence-corrected chi connectivity index (χ4v) is 1.33. The van der Waals surface area contributed by atoms with Crippen molar-refractivity contribution in [1.82, 2.24) is 10.4 Å². The first-order valence-electron chi connectivity index (χ1n) is 6.07. The zero-order valence-electron chi connectivity index (χ0n) is 11.8. The third kappa shape index (κ3) is 5.52. The van der Waals surface area contributed by atoms with Crippen LogP contribution in [-0.4, -0.2) is 35.9 Å². The molecule has 1 rings (SSSR count). The Morgan fingerprint density at radius 2 is 1.79 bits per heavy atom. The minimum Gasteiger partial charge on any atom is -0.332 e. The minimum absolute atomic E-state index is 0.0518. The third-order valence-electron chi connectivity index (χ3n) is 2.22. The molecule has 5 nitrogen and oxygen atoms in total. The smallest absolute Gasteiger partial charge is 0.263 e. The van der Waals surface area contributed by atoms with Gasteiger partial charge in [0.25, 0.3) is 11.8 Å². The van der Waals surface area contributed by atoms with Crippen LogP contribution < -0.4 is 5.48 Å². The predicted molar refractivity (Wildman–Crippen MR) is 72.4 cm³/mol. The lowest BCUT2D eigenvalue weighted by Crippen LogP contribution is -2.41. The molecule has 5 heteroatoms. The van der Waals surface area contributed by atoms with Gasteiger partial charge in [-0.05, 0) is 32.9 Å². The highest BCUT2D eigenvalue weighted by atomic mass is 16.7. The Labute approximate surface area is 113 Å². The van der Waals surface area contributed by atoms with Crippen LogP contribution in [0.3, 0.4) is 0 Å². The van der Waals surface area contributed by atoms with Gasteiger partial charge in [0, 0.05) is 12.6 Å². The second-order valence-electron chi connectivity index (χ2n) is 5.27. The van der Waals surface area contributed by atoms with Crippen molar-refractivity contribution in [1.29, 1.82) is 0 Å². The van der Waals surface area contributed by atoms with E-state index in [2.05, 4.69) is 5.48 Å². The quantitative estimate of drug-likeness (QED) is 0.840. The number of carbonyl (C=O) groups excluding carboxylic acids is 2. The maximum atomic E-state index is 12.0. The van der Waals surface area contributed by atoms with Gasteiger partial charge in [0.1, 0.15) is 6.54 Å². The van der Waals surface area contributed by atoms with E-state index in [1.165, 1.54) is 4.90 Å². The molecule has 0 aromatic heterocycles. The van der Waals surface area contributed by atoms with Gasteiger partial charge >= 0.3 is 0 Å². The van der Waals surface area contributed by atoms with Gasteiger partial charge in [-0.3, -0.25) is 14.4 Å². The molecule has 0 saturated carbocycles. The fourth-order valence-electron chi connectivity index (χ4n) is 1.33. The number of rotatable bonds is 4. The number of benzene rings is 1. The van der Waals surface area contributed by atoms with Crippen molar-refractivity contribution < 1.29 is 14.4 Å². The number of hydroxylamine groups is 1. The Balaban J connectivity index is 2.49. The van der Waals surface area contributed by atoms with Gasteiger partial charge in [0.15, 0.2) is 0 Å². The Hall–Kier alpha value is -1.88. The molecule has 0 radical (unpaired) electrons. The molecule has 0 bridgehead atoms. The molecule has 1 aromatic carbocycles. The van der Waals surface area contributed by atoms with E-state index in [4.69, 9.17) is 4.84 Å². The minimum atomic E-state index is -0.461. The SMILES string of the molecule is CN(CC(=O)NOC(C)(C)C)C(=O)c1ccccc1. The molecule has 1 aromatic rings. The van der Waals surface area contributed by atoms with Crippen molar-refractivity contribution in [3.63, 3.8) is 0 Å². The topological polar surface area (TPSA) is 58.6 Å². The molecule has 0 heterocycles. The molecular formula is C14H20N2O3. The lowest BCUT2D eigenvalue weighted by Gasteiger charge is -2.21. The second-order valence-corrected chi connectivity index (χ2v) is 5.27. The van der Waals surface area contributed by atoms with Crippen molar-refractivity contribution in [3.8, 4) is 0 Å². The summed E-state index contributed by atoms with van der Waals surface area (Å²) in [4.78, 5) is 30.1. The maximum Gasteiger partial charge on any atom is 0.263 e. The van der Waals surface area contributed by atoms with Crippen LogP contribution in [0.5, 0.6) is 0 Å².